The first-order valence-electron chi connectivity index (χ1n) is 7.47. The maximum atomic E-state index is 4.53. The van der Waals surface area contributed by atoms with Crippen molar-refractivity contribution in [2.45, 2.75) is 33.1 Å². The molecule has 2 heterocycles. The molecule has 0 saturated carbocycles. The molecule has 112 valence electrons. The first-order chi connectivity index (χ1) is 9.76. The molecule has 1 aromatic heterocycles. The lowest BCUT2D eigenvalue weighted by Crippen LogP contribution is -2.36. The van der Waals surface area contributed by atoms with Crippen molar-refractivity contribution in [3.8, 4) is 0 Å². The summed E-state index contributed by atoms with van der Waals surface area (Å²) in [7, 11) is 1.83. The lowest BCUT2D eigenvalue weighted by Gasteiger charge is -2.27. The van der Waals surface area contributed by atoms with E-state index in [-0.39, 0.29) is 0 Å². The van der Waals surface area contributed by atoms with Gasteiger partial charge >= 0.3 is 0 Å². The van der Waals surface area contributed by atoms with Crippen molar-refractivity contribution in [3.63, 3.8) is 0 Å². The van der Waals surface area contributed by atoms with Crippen molar-refractivity contribution >= 4 is 17.8 Å². The van der Waals surface area contributed by atoms with E-state index in [1.165, 1.54) is 19.3 Å². The van der Waals surface area contributed by atoms with E-state index >= 15 is 0 Å². The van der Waals surface area contributed by atoms with Gasteiger partial charge in [0.1, 0.15) is 0 Å². The van der Waals surface area contributed by atoms with Gasteiger partial charge in [-0.15, -0.1) is 0 Å². The number of anilines is 3. The van der Waals surface area contributed by atoms with Gasteiger partial charge in [0.15, 0.2) is 0 Å². The van der Waals surface area contributed by atoms with Gasteiger partial charge in [-0.05, 0) is 26.7 Å². The van der Waals surface area contributed by atoms with E-state index in [9.17, 15) is 0 Å². The molecule has 0 radical (unpaired) electrons. The molecule has 7 nitrogen and oxygen atoms in total. The molecule has 1 fully saturated rings. The summed E-state index contributed by atoms with van der Waals surface area (Å²) >= 11 is 0. The van der Waals surface area contributed by atoms with Gasteiger partial charge in [0.2, 0.25) is 17.8 Å². The Hall–Kier alpha value is -1.63. The molecule has 1 aromatic rings. The minimum absolute atomic E-state index is 0.599. The Morgan fingerprint density at radius 2 is 1.65 bits per heavy atom. The van der Waals surface area contributed by atoms with Crippen LogP contribution < -0.4 is 15.6 Å². The van der Waals surface area contributed by atoms with Gasteiger partial charge in [0.25, 0.3) is 0 Å². The monoisotopic (exact) mass is 279 g/mol. The molecule has 2 N–H and O–H groups in total. The van der Waals surface area contributed by atoms with Crippen LogP contribution in [0.5, 0.6) is 0 Å². The molecule has 0 aliphatic carbocycles. The zero-order valence-electron chi connectivity index (χ0n) is 12.7. The number of hydrogen-bond donors (Lipinski definition) is 2. The molecule has 2 rings (SSSR count). The summed E-state index contributed by atoms with van der Waals surface area (Å²) in [6.45, 7) is 8.05. The fraction of sp³-hybridized carbons (Fsp3) is 0.769. The van der Waals surface area contributed by atoms with E-state index < -0.39 is 0 Å². The second-order valence-corrected chi connectivity index (χ2v) is 4.86. The Morgan fingerprint density at radius 1 is 1.00 bits per heavy atom. The van der Waals surface area contributed by atoms with E-state index in [1.54, 1.807) is 0 Å². The van der Waals surface area contributed by atoms with Crippen LogP contribution in [0.4, 0.5) is 17.8 Å². The molecule has 1 aliphatic rings. The molecule has 0 atom stereocenters. The highest BCUT2D eigenvalue weighted by Crippen LogP contribution is 2.15. The molecule has 0 unspecified atom stereocenters. The molecule has 1 aliphatic heterocycles. The Labute approximate surface area is 120 Å². The number of piperidine rings is 1. The third kappa shape index (κ3) is 3.69. The van der Waals surface area contributed by atoms with Gasteiger partial charge in [0.05, 0.1) is 0 Å². The standard InChI is InChI=1S/C13H25N7/c1-4-19(5-2)13-16-11(14-3)15-12(17-13)18-20-9-7-6-8-10-20/h4-10H2,1-3H3,(H2,14,15,16,17,18). The van der Waals surface area contributed by atoms with E-state index in [0.29, 0.717) is 17.8 Å². The summed E-state index contributed by atoms with van der Waals surface area (Å²) in [5.74, 6) is 1.93. The number of hydrogen-bond acceptors (Lipinski definition) is 7. The number of nitrogens with one attached hydrogen (secondary N) is 2. The van der Waals surface area contributed by atoms with Crippen LogP contribution in [-0.4, -0.2) is 53.2 Å². The summed E-state index contributed by atoms with van der Waals surface area (Å²) in [5, 5.41) is 5.19. The molecule has 7 heteroatoms. The van der Waals surface area contributed by atoms with Gasteiger partial charge in [-0.2, -0.15) is 15.0 Å². The van der Waals surface area contributed by atoms with Crippen molar-refractivity contribution in [2.24, 2.45) is 0 Å². The zero-order valence-corrected chi connectivity index (χ0v) is 12.7. The van der Waals surface area contributed by atoms with Crippen LogP contribution in [0.15, 0.2) is 0 Å². The highest BCUT2D eigenvalue weighted by atomic mass is 15.5. The Kier molecular flexibility index (Phi) is 5.34. The van der Waals surface area contributed by atoms with Gasteiger partial charge in [-0.3, -0.25) is 5.43 Å². The summed E-state index contributed by atoms with van der Waals surface area (Å²) in [6.07, 6.45) is 3.75. The van der Waals surface area contributed by atoms with Gasteiger partial charge in [0, 0.05) is 33.2 Å². The second kappa shape index (κ2) is 7.23. The molecule has 0 bridgehead atoms. The molecule has 0 amide bonds. The fourth-order valence-corrected chi connectivity index (χ4v) is 2.32. The first kappa shape index (κ1) is 14.8. The third-order valence-corrected chi connectivity index (χ3v) is 3.51. The van der Waals surface area contributed by atoms with Crippen molar-refractivity contribution in [3.05, 3.63) is 0 Å². The average molecular weight is 279 g/mol. The van der Waals surface area contributed by atoms with E-state index in [2.05, 4.69) is 49.5 Å². The molecular formula is C13H25N7. The van der Waals surface area contributed by atoms with Crippen LogP contribution in [0, 0.1) is 0 Å². The van der Waals surface area contributed by atoms with Gasteiger partial charge in [-0.25, -0.2) is 5.01 Å². The largest absolute Gasteiger partial charge is 0.357 e. The van der Waals surface area contributed by atoms with Crippen LogP contribution in [0.25, 0.3) is 0 Å². The Morgan fingerprint density at radius 3 is 2.25 bits per heavy atom. The van der Waals surface area contributed by atoms with Crippen LogP contribution in [-0.2, 0) is 0 Å². The van der Waals surface area contributed by atoms with Crippen molar-refractivity contribution in [1.82, 2.24) is 20.0 Å². The number of aromatic nitrogens is 3. The molecular weight excluding hydrogens is 254 g/mol. The molecule has 1 saturated heterocycles. The predicted molar refractivity (Wildman–Crippen MR) is 82.0 cm³/mol. The first-order valence-corrected chi connectivity index (χ1v) is 7.47. The maximum absolute atomic E-state index is 4.53. The van der Waals surface area contributed by atoms with Crippen LogP contribution in [0.2, 0.25) is 0 Å². The summed E-state index contributed by atoms with van der Waals surface area (Å²) in [6, 6.07) is 0. The fourth-order valence-electron chi connectivity index (χ4n) is 2.32. The highest BCUT2D eigenvalue weighted by Gasteiger charge is 2.14. The number of nitrogens with zero attached hydrogens (tertiary/aromatic N) is 5. The number of hydrazine groups is 1. The van der Waals surface area contributed by atoms with Crippen molar-refractivity contribution in [1.29, 1.82) is 0 Å². The Bertz CT molecular complexity index is 413. The summed E-state index contributed by atoms with van der Waals surface area (Å²) < 4.78 is 0. The quantitative estimate of drug-likeness (QED) is 0.819. The van der Waals surface area contributed by atoms with Crippen LogP contribution in [0.3, 0.4) is 0 Å². The second-order valence-electron chi connectivity index (χ2n) is 4.86. The topological polar surface area (TPSA) is 69.2 Å². The Balaban J connectivity index is 2.16. The smallest absolute Gasteiger partial charge is 0.244 e. The maximum Gasteiger partial charge on any atom is 0.244 e. The number of rotatable bonds is 6. The SMILES string of the molecule is CCN(CC)c1nc(NC)nc(NN2CCCCC2)n1. The van der Waals surface area contributed by atoms with E-state index in [1.807, 2.05) is 7.05 Å². The third-order valence-electron chi connectivity index (χ3n) is 3.51. The lowest BCUT2D eigenvalue weighted by atomic mass is 10.2. The minimum atomic E-state index is 0.599. The molecule has 20 heavy (non-hydrogen) atoms. The zero-order chi connectivity index (χ0) is 14.4. The van der Waals surface area contributed by atoms with Crippen LogP contribution >= 0.6 is 0 Å². The van der Waals surface area contributed by atoms with Crippen molar-refractivity contribution < 1.29 is 0 Å². The normalized spacial score (nSPS) is 15.9. The van der Waals surface area contributed by atoms with Gasteiger partial charge in [-0.1, -0.05) is 6.42 Å². The summed E-state index contributed by atoms with van der Waals surface area (Å²) in [4.78, 5) is 15.4. The lowest BCUT2D eigenvalue weighted by molar-refractivity contribution is 0.271. The highest BCUT2D eigenvalue weighted by molar-refractivity contribution is 5.43. The van der Waals surface area contributed by atoms with Crippen molar-refractivity contribution in [2.75, 3.05) is 48.9 Å². The van der Waals surface area contributed by atoms with E-state index in [0.717, 1.165) is 26.2 Å². The van der Waals surface area contributed by atoms with E-state index in [4.69, 9.17) is 0 Å². The average Bonchev–Trinajstić information content (AvgIpc) is 2.49. The van der Waals surface area contributed by atoms with Gasteiger partial charge < -0.3 is 10.2 Å². The molecule has 0 aromatic carbocycles. The molecule has 0 spiro atoms. The minimum Gasteiger partial charge on any atom is -0.357 e. The van der Waals surface area contributed by atoms with Crippen LogP contribution in [0.1, 0.15) is 33.1 Å². The summed E-state index contributed by atoms with van der Waals surface area (Å²) in [5.41, 5.74) is 3.30. The predicted octanol–water partition coefficient (Wildman–Crippen LogP) is 1.57.